The van der Waals surface area contributed by atoms with Gasteiger partial charge in [0.2, 0.25) is 0 Å². The monoisotopic (exact) mass is 213 g/mol. The van der Waals surface area contributed by atoms with Gasteiger partial charge in [0, 0.05) is 12.0 Å². The summed E-state index contributed by atoms with van der Waals surface area (Å²) in [7, 11) is 1.40. The largest absolute Gasteiger partial charge is 0.469 e. The second-order valence-corrected chi connectivity index (χ2v) is 4.31. The van der Waals surface area contributed by atoms with Crippen LogP contribution in [-0.2, 0) is 14.9 Å². The molecule has 1 aromatic rings. The lowest BCUT2D eigenvalue weighted by atomic mass is 9.81. The van der Waals surface area contributed by atoms with E-state index in [4.69, 9.17) is 5.73 Å². The molecule has 0 aliphatic heterocycles. The molecule has 1 rings (SSSR count). The average Bonchev–Trinajstić information content (AvgIpc) is 2.70. The zero-order valence-electron chi connectivity index (χ0n) is 8.45. The number of thiophene rings is 1. The van der Waals surface area contributed by atoms with Crippen LogP contribution in [0.4, 0.5) is 0 Å². The third kappa shape index (κ3) is 2.33. The van der Waals surface area contributed by atoms with Gasteiger partial charge in [-0.25, -0.2) is 0 Å². The molecular formula is C10H15NO2S. The van der Waals surface area contributed by atoms with Crippen molar-refractivity contribution in [2.45, 2.75) is 18.8 Å². The molecule has 3 nitrogen and oxygen atoms in total. The van der Waals surface area contributed by atoms with Gasteiger partial charge in [-0.3, -0.25) is 4.79 Å². The maximum Gasteiger partial charge on any atom is 0.306 e. The van der Waals surface area contributed by atoms with E-state index in [0.717, 1.165) is 5.56 Å². The highest BCUT2D eigenvalue weighted by Gasteiger charge is 2.28. The normalized spacial score (nSPS) is 14.8. The molecule has 0 aliphatic rings. The van der Waals surface area contributed by atoms with Crippen LogP contribution in [-0.4, -0.2) is 19.6 Å². The minimum atomic E-state index is -0.299. The zero-order chi connectivity index (χ0) is 10.6. The van der Waals surface area contributed by atoms with Gasteiger partial charge in [0.05, 0.1) is 13.5 Å². The van der Waals surface area contributed by atoms with Gasteiger partial charge in [0.25, 0.3) is 0 Å². The predicted molar refractivity (Wildman–Crippen MR) is 57.4 cm³/mol. The van der Waals surface area contributed by atoms with E-state index in [2.05, 4.69) is 4.74 Å². The van der Waals surface area contributed by atoms with E-state index in [-0.39, 0.29) is 11.4 Å². The summed E-state index contributed by atoms with van der Waals surface area (Å²) in [6, 6.07) is 2.00. The van der Waals surface area contributed by atoms with Crippen molar-refractivity contribution in [2.24, 2.45) is 5.73 Å². The van der Waals surface area contributed by atoms with E-state index in [9.17, 15) is 4.79 Å². The molecule has 0 spiro atoms. The van der Waals surface area contributed by atoms with Crippen LogP contribution in [0.2, 0.25) is 0 Å². The third-order valence-electron chi connectivity index (χ3n) is 2.43. The maximum absolute atomic E-state index is 11.2. The number of hydrogen-bond acceptors (Lipinski definition) is 4. The Kier molecular flexibility index (Phi) is 3.66. The van der Waals surface area contributed by atoms with Gasteiger partial charge in [-0.2, -0.15) is 11.3 Å². The fourth-order valence-corrected chi connectivity index (χ4v) is 2.10. The van der Waals surface area contributed by atoms with Crippen molar-refractivity contribution >= 4 is 17.3 Å². The molecule has 0 amide bonds. The van der Waals surface area contributed by atoms with E-state index in [1.165, 1.54) is 7.11 Å². The highest BCUT2D eigenvalue weighted by Crippen LogP contribution is 2.28. The number of ether oxygens (including phenoxy) is 1. The first-order valence-electron chi connectivity index (χ1n) is 4.42. The van der Waals surface area contributed by atoms with Crippen LogP contribution in [0, 0.1) is 0 Å². The van der Waals surface area contributed by atoms with Crippen LogP contribution in [0.3, 0.4) is 0 Å². The lowest BCUT2D eigenvalue weighted by molar-refractivity contribution is -0.141. The predicted octanol–water partition coefficient (Wildman–Crippen LogP) is 1.53. The van der Waals surface area contributed by atoms with E-state index in [1.54, 1.807) is 11.3 Å². The van der Waals surface area contributed by atoms with Crippen molar-refractivity contribution < 1.29 is 9.53 Å². The Morgan fingerprint density at radius 1 is 1.71 bits per heavy atom. The van der Waals surface area contributed by atoms with Crippen molar-refractivity contribution in [3.63, 3.8) is 0 Å². The molecule has 0 saturated carbocycles. The Bertz CT molecular complexity index is 297. The molecule has 0 saturated heterocycles. The summed E-state index contributed by atoms with van der Waals surface area (Å²) in [5, 5.41) is 4.01. The summed E-state index contributed by atoms with van der Waals surface area (Å²) in [6.45, 7) is 2.42. The third-order valence-corrected chi connectivity index (χ3v) is 3.11. The Hall–Kier alpha value is -0.870. The lowest BCUT2D eigenvalue weighted by Crippen LogP contribution is -2.34. The number of hydrogen-bond donors (Lipinski definition) is 1. The zero-order valence-corrected chi connectivity index (χ0v) is 9.26. The molecule has 78 valence electrons. The van der Waals surface area contributed by atoms with Crippen LogP contribution in [0.1, 0.15) is 18.9 Å². The molecule has 1 atom stereocenters. The van der Waals surface area contributed by atoms with Gasteiger partial charge in [-0.05, 0) is 22.4 Å². The van der Waals surface area contributed by atoms with Crippen molar-refractivity contribution in [2.75, 3.05) is 13.7 Å². The number of carbonyl (C=O) groups is 1. The average molecular weight is 213 g/mol. The van der Waals surface area contributed by atoms with E-state index >= 15 is 0 Å². The van der Waals surface area contributed by atoms with Crippen LogP contribution < -0.4 is 5.73 Å². The summed E-state index contributed by atoms with van der Waals surface area (Å²) in [4.78, 5) is 11.2. The van der Waals surface area contributed by atoms with Crippen LogP contribution in [0.15, 0.2) is 16.8 Å². The summed E-state index contributed by atoms with van der Waals surface area (Å²) in [5.74, 6) is -0.218. The Morgan fingerprint density at radius 2 is 2.43 bits per heavy atom. The molecule has 0 aliphatic carbocycles. The molecule has 1 unspecified atom stereocenters. The van der Waals surface area contributed by atoms with Gasteiger partial charge < -0.3 is 10.5 Å². The number of nitrogens with two attached hydrogens (primary N) is 1. The second kappa shape index (κ2) is 4.57. The summed E-state index contributed by atoms with van der Waals surface area (Å²) in [6.07, 6.45) is 0.330. The molecule has 1 aromatic heterocycles. The molecule has 0 fully saturated rings. The first-order chi connectivity index (χ1) is 6.62. The standard InChI is InChI=1S/C10H15NO2S/c1-10(7-11,5-9(12)13-2)8-3-4-14-6-8/h3-4,6H,5,7,11H2,1-2H3. The van der Waals surface area contributed by atoms with Crippen molar-refractivity contribution in [3.05, 3.63) is 22.4 Å². The Morgan fingerprint density at radius 3 is 2.86 bits per heavy atom. The van der Waals surface area contributed by atoms with E-state index < -0.39 is 0 Å². The first-order valence-corrected chi connectivity index (χ1v) is 5.36. The van der Waals surface area contributed by atoms with Gasteiger partial charge in [-0.1, -0.05) is 6.92 Å². The molecule has 4 heteroatoms. The summed E-state index contributed by atoms with van der Waals surface area (Å²) < 4.78 is 4.65. The van der Waals surface area contributed by atoms with Gasteiger partial charge in [-0.15, -0.1) is 0 Å². The maximum atomic E-state index is 11.2. The molecule has 0 bridgehead atoms. The highest BCUT2D eigenvalue weighted by molar-refractivity contribution is 7.08. The second-order valence-electron chi connectivity index (χ2n) is 3.53. The number of rotatable bonds is 4. The van der Waals surface area contributed by atoms with E-state index in [0.29, 0.717) is 13.0 Å². The molecule has 0 aromatic carbocycles. The Labute approximate surface area is 87.9 Å². The van der Waals surface area contributed by atoms with Crippen molar-refractivity contribution in [3.8, 4) is 0 Å². The lowest BCUT2D eigenvalue weighted by Gasteiger charge is -2.25. The van der Waals surface area contributed by atoms with Gasteiger partial charge >= 0.3 is 5.97 Å². The van der Waals surface area contributed by atoms with Crippen LogP contribution in [0.5, 0.6) is 0 Å². The molecule has 14 heavy (non-hydrogen) atoms. The quantitative estimate of drug-likeness (QED) is 0.772. The van der Waals surface area contributed by atoms with Crippen molar-refractivity contribution in [1.29, 1.82) is 0 Å². The first kappa shape index (κ1) is 11.2. The van der Waals surface area contributed by atoms with Crippen LogP contribution >= 0.6 is 11.3 Å². The minimum absolute atomic E-state index is 0.218. The van der Waals surface area contributed by atoms with Gasteiger partial charge in [0.15, 0.2) is 0 Å². The smallest absolute Gasteiger partial charge is 0.306 e. The van der Waals surface area contributed by atoms with Crippen LogP contribution in [0.25, 0.3) is 0 Å². The summed E-state index contributed by atoms with van der Waals surface area (Å²) >= 11 is 1.61. The molecule has 0 radical (unpaired) electrons. The highest BCUT2D eigenvalue weighted by atomic mass is 32.1. The topological polar surface area (TPSA) is 52.3 Å². The molecular weight excluding hydrogens is 198 g/mol. The fraction of sp³-hybridized carbons (Fsp3) is 0.500. The number of carbonyl (C=O) groups excluding carboxylic acids is 1. The number of methoxy groups -OCH3 is 1. The fourth-order valence-electron chi connectivity index (χ4n) is 1.29. The SMILES string of the molecule is COC(=O)CC(C)(CN)c1ccsc1. The minimum Gasteiger partial charge on any atom is -0.469 e. The van der Waals surface area contributed by atoms with E-state index in [1.807, 2.05) is 23.8 Å². The van der Waals surface area contributed by atoms with Crippen molar-refractivity contribution in [1.82, 2.24) is 0 Å². The summed E-state index contributed by atoms with van der Waals surface area (Å²) in [5.41, 5.74) is 6.51. The Balaban J connectivity index is 2.82. The molecule has 2 N–H and O–H groups in total. The van der Waals surface area contributed by atoms with Gasteiger partial charge in [0.1, 0.15) is 0 Å². The molecule has 1 heterocycles. The number of esters is 1.